The summed E-state index contributed by atoms with van der Waals surface area (Å²) in [6, 6.07) is 12.9. The molecule has 2 rings (SSSR count). The van der Waals surface area contributed by atoms with Crippen LogP contribution < -0.4 is 4.74 Å². The average molecular weight is 223 g/mol. The number of rotatable bonds is 2. The molecule has 0 atom stereocenters. The molecule has 0 fully saturated rings. The Bertz CT molecular complexity index is 453. The number of benzene rings is 2. The van der Waals surface area contributed by atoms with Crippen LogP contribution in [0.15, 0.2) is 48.5 Å². The summed E-state index contributed by atoms with van der Waals surface area (Å²) in [6.45, 7) is 0. The van der Waals surface area contributed by atoms with E-state index in [-0.39, 0.29) is 5.82 Å². The summed E-state index contributed by atoms with van der Waals surface area (Å²) < 4.78 is 18.1. The molecule has 76 valence electrons. The number of ether oxygens (including phenoxy) is 1. The Labute approximate surface area is 92.1 Å². The van der Waals surface area contributed by atoms with E-state index in [0.29, 0.717) is 16.5 Å². The van der Waals surface area contributed by atoms with Crippen LogP contribution in [-0.4, -0.2) is 0 Å². The first kappa shape index (κ1) is 9.99. The van der Waals surface area contributed by atoms with Gasteiger partial charge in [-0.15, -0.1) is 0 Å². The third kappa shape index (κ3) is 2.70. The molecule has 0 aliphatic heterocycles. The van der Waals surface area contributed by atoms with E-state index in [9.17, 15) is 4.39 Å². The quantitative estimate of drug-likeness (QED) is 0.737. The Morgan fingerprint density at radius 2 is 1.67 bits per heavy atom. The lowest BCUT2D eigenvalue weighted by Gasteiger charge is -2.05. The lowest BCUT2D eigenvalue weighted by molar-refractivity contribution is 0.480. The molecular formula is C12H8ClFO. The molecule has 0 N–H and O–H groups in total. The van der Waals surface area contributed by atoms with Gasteiger partial charge >= 0.3 is 0 Å². The molecule has 0 unspecified atom stereocenters. The molecule has 0 saturated carbocycles. The van der Waals surface area contributed by atoms with E-state index < -0.39 is 0 Å². The molecule has 15 heavy (non-hydrogen) atoms. The molecule has 0 spiro atoms. The van der Waals surface area contributed by atoms with Crippen LogP contribution >= 0.6 is 11.6 Å². The minimum Gasteiger partial charge on any atom is -0.457 e. The first-order chi connectivity index (χ1) is 7.24. The van der Waals surface area contributed by atoms with E-state index in [1.165, 1.54) is 12.1 Å². The summed E-state index contributed by atoms with van der Waals surface area (Å²) in [6.07, 6.45) is 0. The van der Waals surface area contributed by atoms with Crippen LogP contribution in [0.1, 0.15) is 0 Å². The van der Waals surface area contributed by atoms with Crippen molar-refractivity contribution in [2.75, 3.05) is 0 Å². The highest BCUT2D eigenvalue weighted by atomic mass is 35.5. The summed E-state index contributed by atoms with van der Waals surface area (Å²) in [5, 5.41) is 0.606. The second kappa shape index (κ2) is 4.32. The predicted molar refractivity (Wildman–Crippen MR) is 57.9 cm³/mol. The van der Waals surface area contributed by atoms with Crippen LogP contribution in [0, 0.1) is 5.82 Å². The van der Waals surface area contributed by atoms with Crippen molar-refractivity contribution in [3.8, 4) is 11.5 Å². The second-order valence-electron chi connectivity index (χ2n) is 3.01. The zero-order valence-corrected chi connectivity index (χ0v) is 8.54. The molecule has 2 aromatic carbocycles. The molecule has 0 radical (unpaired) electrons. The fourth-order valence-corrected chi connectivity index (χ4v) is 1.35. The Morgan fingerprint density at radius 3 is 2.33 bits per heavy atom. The van der Waals surface area contributed by atoms with Gasteiger partial charge in [0.05, 0.1) is 0 Å². The van der Waals surface area contributed by atoms with Crippen molar-refractivity contribution in [2.45, 2.75) is 0 Å². The van der Waals surface area contributed by atoms with E-state index in [0.717, 1.165) is 0 Å². The van der Waals surface area contributed by atoms with Crippen molar-refractivity contribution in [1.82, 2.24) is 0 Å². The van der Waals surface area contributed by atoms with Gasteiger partial charge in [0.15, 0.2) is 0 Å². The highest BCUT2D eigenvalue weighted by Crippen LogP contribution is 2.23. The molecule has 0 bridgehead atoms. The molecule has 0 aliphatic rings. The van der Waals surface area contributed by atoms with Gasteiger partial charge in [0.25, 0.3) is 0 Å². The van der Waals surface area contributed by atoms with E-state index >= 15 is 0 Å². The fraction of sp³-hybridized carbons (Fsp3) is 0. The third-order valence-corrected chi connectivity index (χ3v) is 2.08. The standard InChI is InChI=1S/C12H8ClFO/c13-9-2-1-3-12(8-9)15-11-6-4-10(14)5-7-11/h1-8H. The minimum absolute atomic E-state index is 0.284. The zero-order chi connectivity index (χ0) is 10.7. The van der Waals surface area contributed by atoms with Crippen molar-refractivity contribution in [3.05, 3.63) is 59.4 Å². The van der Waals surface area contributed by atoms with Crippen LogP contribution in [-0.2, 0) is 0 Å². The SMILES string of the molecule is Fc1ccc(Oc2cccc(Cl)c2)cc1. The summed E-state index contributed by atoms with van der Waals surface area (Å²) >= 11 is 5.80. The molecule has 0 heterocycles. The van der Waals surface area contributed by atoms with Crippen LogP contribution in [0.3, 0.4) is 0 Å². The second-order valence-corrected chi connectivity index (χ2v) is 3.45. The molecule has 0 aromatic heterocycles. The first-order valence-corrected chi connectivity index (χ1v) is 4.81. The smallest absolute Gasteiger partial charge is 0.128 e. The van der Waals surface area contributed by atoms with Gasteiger partial charge in [-0.05, 0) is 42.5 Å². The van der Waals surface area contributed by atoms with Crippen molar-refractivity contribution >= 4 is 11.6 Å². The summed E-state index contributed by atoms with van der Waals surface area (Å²) in [4.78, 5) is 0. The van der Waals surface area contributed by atoms with Crippen molar-refractivity contribution in [3.63, 3.8) is 0 Å². The lowest BCUT2D eigenvalue weighted by Crippen LogP contribution is -1.83. The number of hydrogen-bond acceptors (Lipinski definition) is 1. The van der Waals surface area contributed by atoms with Crippen LogP contribution in [0.4, 0.5) is 4.39 Å². The topological polar surface area (TPSA) is 9.23 Å². The summed E-state index contributed by atoms with van der Waals surface area (Å²) in [5.74, 6) is 0.932. The Kier molecular flexibility index (Phi) is 2.88. The molecule has 0 amide bonds. The molecule has 3 heteroatoms. The zero-order valence-electron chi connectivity index (χ0n) is 7.78. The fourth-order valence-electron chi connectivity index (χ4n) is 1.17. The summed E-state index contributed by atoms with van der Waals surface area (Å²) in [7, 11) is 0. The van der Waals surface area contributed by atoms with Gasteiger partial charge in [-0.2, -0.15) is 0 Å². The Morgan fingerprint density at radius 1 is 0.933 bits per heavy atom. The number of hydrogen-bond donors (Lipinski definition) is 0. The predicted octanol–water partition coefficient (Wildman–Crippen LogP) is 4.27. The average Bonchev–Trinajstić information content (AvgIpc) is 2.22. The maximum Gasteiger partial charge on any atom is 0.128 e. The third-order valence-electron chi connectivity index (χ3n) is 1.85. The van der Waals surface area contributed by atoms with Gasteiger partial charge in [-0.1, -0.05) is 17.7 Å². The lowest BCUT2D eigenvalue weighted by atomic mass is 10.3. The van der Waals surface area contributed by atoms with Crippen LogP contribution in [0.25, 0.3) is 0 Å². The highest BCUT2D eigenvalue weighted by Gasteiger charge is 1.97. The molecule has 1 nitrogen and oxygen atoms in total. The van der Waals surface area contributed by atoms with Gasteiger partial charge in [-0.3, -0.25) is 0 Å². The maximum absolute atomic E-state index is 12.6. The molecule has 0 aliphatic carbocycles. The van der Waals surface area contributed by atoms with E-state index in [4.69, 9.17) is 16.3 Å². The molecule has 0 saturated heterocycles. The maximum atomic E-state index is 12.6. The van der Waals surface area contributed by atoms with Crippen LogP contribution in [0.2, 0.25) is 5.02 Å². The first-order valence-electron chi connectivity index (χ1n) is 4.43. The van der Waals surface area contributed by atoms with E-state index in [1.54, 1.807) is 36.4 Å². The van der Waals surface area contributed by atoms with Gasteiger partial charge in [0, 0.05) is 5.02 Å². The van der Waals surface area contributed by atoms with Crippen molar-refractivity contribution in [1.29, 1.82) is 0 Å². The van der Waals surface area contributed by atoms with Gasteiger partial charge < -0.3 is 4.74 Å². The summed E-state index contributed by atoms with van der Waals surface area (Å²) in [5.41, 5.74) is 0. The molecule has 2 aromatic rings. The largest absolute Gasteiger partial charge is 0.457 e. The molecular weight excluding hydrogens is 215 g/mol. The Hall–Kier alpha value is -1.54. The number of halogens is 2. The van der Waals surface area contributed by atoms with E-state index in [1.807, 2.05) is 0 Å². The Balaban J connectivity index is 2.18. The van der Waals surface area contributed by atoms with Crippen molar-refractivity contribution in [2.24, 2.45) is 0 Å². The highest BCUT2D eigenvalue weighted by molar-refractivity contribution is 6.30. The van der Waals surface area contributed by atoms with Gasteiger partial charge in [0.1, 0.15) is 17.3 Å². The van der Waals surface area contributed by atoms with E-state index in [2.05, 4.69) is 0 Å². The van der Waals surface area contributed by atoms with Crippen LogP contribution in [0.5, 0.6) is 11.5 Å². The van der Waals surface area contributed by atoms with Gasteiger partial charge in [0.2, 0.25) is 0 Å². The minimum atomic E-state index is -0.284. The normalized spacial score (nSPS) is 10.0. The van der Waals surface area contributed by atoms with Crippen molar-refractivity contribution < 1.29 is 9.13 Å². The monoisotopic (exact) mass is 222 g/mol. The van der Waals surface area contributed by atoms with Gasteiger partial charge in [-0.25, -0.2) is 4.39 Å².